The number of carbonyl (C=O) groups excluding carboxylic acids is 1. The molecule has 130 valence electrons. The molecule has 26 heavy (non-hydrogen) atoms. The van der Waals surface area contributed by atoms with Crippen LogP contribution in [0.2, 0.25) is 0 Å². The summed E-state index contributed by atoms with van der Waals surface area (Å²) in [6.45, 7) is 0. The summed E-state index contributed by atoms with van der Waals surface area (Å²) >= 11 is 1.50. The number of benzene rings is 3. The van der Waals surface area contributed by atoms with Crippen molar-refractivity contribution in [1.82, 2.24) is 5.48 Å². The lowest BCUT2D eigenvalue weighted by Gasteiger charge is -2.07. The Morgan fingerprint density at radius 2 is 1.62 bits per heavy atom. The number of nitrogens with one attached hydrogen (secondary N) is 2. The van der Waals surface area contributed by atoms with Gasteiger partial charge in [0.1, 0.15) is 0 Å². The van der Waals surface area contributed by atoms with E-state index in [1.165, 1.54) is 29.2 Å². The van der Waals surface area contributed by atoms with E-state index >= 15 is 0 Å². The fourth-order valence-electron chi connectivity index (χ4n) is 2.37. The Kier molecular flexibility index (Phi) is 6.09. The average Bonchev–Trinajstić information content (AvgIpc) is 2.72. The monoisotopic (exact) mass is 362 g/mol. The Morgan fingerprint density at radius 3 is 2.35 bits per heavy atom. The van der Waals surface area contributed by atoms with Crippen LogP contribution in [0, 0.1) is 0 Å². The van der Waals surface area contributed by atoms with Crippen LogP contribution >= 0.6 is 11.9 Å². The molecule has 4 nitrogen and oxygen atoms in total. The lowest BCUT2D eigenvalue weighted by molar-refractivity contribution is -0.124. The van der Waals surface area contributed by atoms with Crippen molar-refractivity contribution in [2.45, 2.75) is 4.90 Å². The molecule has 0 aliphatic heterocycles. The molecule has 0 radical (unpaired) electrons. The summed E-state index contributed by atoms with van der Waals surface area (Å²) in [5.74, 6) is -0.556. The predicted octanol–water partition coefficient (Wildman–Crippen LogP) is 4.99. The first-order valence-electron chi connectivity index (χ1n) is 8.05. The van der Waals surface area contributed by atoms with Crippen LogP contribution < -0.4 is 10.2 Å². The highest BCUT2D eigenvalue weighted by Gasteiger charge is 2.00. The third-order valence-corrected chi connectivity index (χ3v) is 4.50. The molecule has 3 aromatic rings. The molecule has 0 unspecified atom stereocenters. The maximum atomic E-state index is 11.0. The fraction of sp³-hybridized carbons (Fsp3) is 0. The Morgan fingerprint density at radius 1 is 0.885 bits per heavy atom. The van der Waals surface area contributed by atoms with E-state index in [2.05, 4.69) is 29.0 Å². The van der Waals surface area contributed by atoms with Gasteiger partial charge in [0.15, 0.2) is 0 Å². The number of rotatable bonds is 6. The highest BCUT2D eigenvalue weighted by Crippen LogP contribution is 2.25. The van der Waals surface area contributed by atoms with E-state index in [4.69, 9.17) is 5.21 Å². The van der Waals surface area contributed by atoms with Gasteiger partial charge in [-0.15, -0.1) is 0 Å². The topological polar surface area (TPSA) is 61.4 Å². The first-order valence-corrected chi connectivity index (χ1v) is 8.87. The molecule has 0 spiro atoms. The van der Waals surface area contributed by atoms with Crippen LogP contribution in [-0.2, 0) is 4.79 Å². The minimum absolute atomic E-state index is 0.556. The Balaban J connectivity index is 1.62. The second kappa shape index (κ2) is 8.89. The molecule has 0 bridgehead atoms. The summed E-state index contributed by atoms with van der Waals surface area (Å²) in [5.41, 5.74) is 5.82. The van der Waals surface area contributed by atoms with E-state index in [1.54, 1.807) is 11.6 Å². The third kappa shape index (κ3) is 4.99. The number of anilines is 1. The molecule has 0 aliphatic rings. The van der Waals surface area contributed by atoms with Crippen LogP contribution in [0.4, 0.5) is 5.69 Å². The van der Waals surface area contributed by atoms with Gasteiger partial charge in [0, 0.05) is 16.7 Å². The standard InChI is InChI=1S/C21H18N2O2S/c24-21(22-25)14-9-16-5-4-8-20(15-16)26-23-19-12-10-18(11-13-19)17-6-2-1-3-7-17/h1-15,23,25H,(H,22,24)/b14-9+. The molecule has 3 rings (SSSR count). The van der Waals surface area contributed by atoms with Gasteiger partial charge < -0.3 is 4.72 Å². The normalized spacial score (nSPS) is 10.7. The second-order valence-electron chi connectivity index (χ2n) is 5.53. The van der Waals surface area contributed by atoms with Gasteiger partial charge in [-0.1, -0.05) is 54.6 Å². The Hall–Kier alpha value is -3.02. The molecule has 0 saturated heterocycles. The lowest BCUT2D eigenvalue weighted by atomic mass is 10.1. The predicted molar refractivity (Wildman–Crippen MR) is 107 cm³/mol. The summed E-state index contributed by atoms with van der Waals surface area (Å²) in [5, 5.41) is 8.50. The number of amides is 1. The van der Waals surface area contributed by atoms with Crippen molar-refractivity contribution in [1.29, 1.82) is 0 Å². The Labute approximate surface area is 156 Å². The number of hydrogen-bond acceptors (Lipinski definition) is 4. The summed E-state index contributed by atoms with van der Waals surface area (Å²) < 4.78 is 3.32. The minimum atomic E-state index is -0.556. The molecule has 1 amide bonds. The molecule has 3 N–H and O–H groups in total. The molecular weight excluding hydrogens is 344 g/mol. The van der Waals surface area contributed by atoms with E-state index in [0.29, 0.717) is 0 Å². The SMILES string of the molecule is O=C(/C=C/c1cccc(SNc2ccc(-c3ccccc3)cc2)c1)NO. The fourth-order valence-corrected chi connectivity index (χ4v) is 3.08. The quantitative estimate of drug-likeness (QED) is 0.250. The van der Waals surface area contributed by atoms with Gasteiger partial charge in [-0.25, -0.2) is 5.48 Å². The van der Waals surface area contributed by atoms with Crippen LogP contribution in [0.1, 0.15) is 5.56 Å². The van der Waals surface area contributed by atoms with Crippen LogP contribution in [0.15, 0.2) is 89.8 Å². The van der Waals surface area contributed by atoms with Crippen molar-refractivity contribution >= 4 is 29.6 Å². The molecular formula is C21H18N2O2S. The first kappa shape index (κ1) is 17.8. The number of hydrogen-bond donors (Lipinski definition) is 3. The average molecular weight is 362 g/mol. The second-order valence-corrected chi connectivity index (χ2v) is 6.41. The lowest BCUT2D eigenvalue weighted by Crippen LogP contribution is -2.14. The summed E-state index contributed by atoms with van der Waals surface area (Å²) in [7, 11) is 0. The van der Waals surface area contributed by atoms with Crippen LogP contribution in [0.5, 0.6) is 0 Å². The van der Waals surface area contributed by atoms with Crippen molar-refractivity contribution in [3.63, 3.8) is 0 Å². The zero-order valence-corrected chi connectivity index (χ0v) is 14.7. The summed E-state index contributed by atoms with van der Waals surface area (Å²) in [6, 6.07) is 26.3. The van der Waals surface area contributed by atoms with E-state index in [0.717, 1.165) is 16.1 Å². The summed E-state index contributed by atoms with van der Waals surface area (Å²) in [4.78, 5) is 12.1. The molecule has 0 heterocycles. The van der Waals surface area contributed by atoms with E-state index in [-0.39, 0.29) is 0 Å². The van der Waals surface area contributed by atoms with Gasteiger partial charge in [0.25, 0.3) is 5.91 Å². The number of carbonyl (C=O) groups is 1. The van der Waals surface area contributed by atoms with Gasteiger partial charge in [-0.05, 0) is 59.0 Å². The van der Waals surface area contributed by atoms with Crippen molar-refractivity contribution in [3.8, 4) is 11.1 Å². The molecule has 0 saturated carbocycles. The largest absolute Gasteiger partial charge is 0.326 e. The van der Waals surface area contributed by atoms with E-state index in [9.17, 15) is 4.79 Å². The molecule has 5 heteroatoms. The maximum absolute atomic E-state index is 11.0. The van der Waals surface area contributed by atoms with Crippen LogP contribution in [-0.4, -0.2) is 11.1 Å². The highest BCUT2D eigenvalue weighted by atomic mass is 32.2. The molecule has 0 aliphatic carbocycles. The molecule has 0 fully saturated rings. The highest BCUT2D eigenvalue weighted by molar-refractivity contribution is 8.00. The first-order chi connectivity index (χ1) is 12.7. The summed E-state index contributed by atoms with van der Waals surface area (Å²) in [6.07, 6.45) is 2.92. The van der Waals surface area contributed by atoms with Crippen molar-refractivity contribution < 1.29 is 10.0 Å². The van der Waals surface area contributed by atoms with Gasteiger partial charge in [0.05, 0.1) is 0 Å². The van der Waals surface area contributed by atoms with Crippen molar-refractivity contribution in [2.75, 3.05) is 4.72 Å². The number of hydroxylamine groups is 1. The van der Waals surface area contributed by atoms with Crippen LogP contribution in [0.25, 0.3) is 17.2 Å². The Bertz CT molecular complexity index is 893. The molecule has 0 atom stereocenters. The van der Waals surface area contributed by atoms with Crippen molar-refractivity contribution in [2.24, 2.45) is 0 Å². The smallest absolute Gasteiger partial charge is 0.267 e. The van der Waals surface area contributed by atoms with Crippen LogP contribution in [0.3, 0.4) is 0 Å². The minimum Gasteiger partial charge on any atom is -0.326 e. The third-order valence-electron chi connectivity index (χ3n) is 3.67. The van der Waals surface area contributed by atoms with Crippen molar-refractivity contribution in [3.05, 3.63) is 90.5 Å². The zero-order valence-electron chi connectivity index (χ0n) is 13.9. The molecule has 3 aromatic carbocycles. The zero-order chi connectivity index (χ0) is 18.2. The molecule has 0 aromatic heterocycles. The van der Waals surface area contributed by atoms with Gasteiger partial charge in [-0.2, -0.15) is 0 Å². The van der Waals surface area contributed by atoms with Gasteiger partial charge in [0.2, 0.25) is 0 Å². The van der Waals surface area contributed by atoms with Gasteiger partial charge in [-0.3, -0.25) is 10.0 Å². The van der Waals surface area contributed by atoms with E-state index < -0.39 is 5.91 Å². The maximum Gasteiger partial charge on any atom is 0.267 e. The van der Waals surface area contributed by atoms with Gasteiger partial charge >= 0.3 is 0 Å². The van der Waals surface area contributed by atoms with E-state index in [1.807, 2.05) is 54.6 Å².